The first-order chi connectivity index (χ1) is 9.65. The van der Waals surface area contributed by atoms with Crippen molar-refractivity contribution in [1.29, 1.82) is 0 Å². The van der Waals surface area contributed by atoms with E-state index in [9.17, 15) is 4.39 Å². The van der Waals surface area contributed by atoms with Gasteiger partial charge in [0, 0.05) is 24.5 Å². The zero-order chi connectivity index (χ0) is 14.1. The van der Waals surface area contributed by atoms with Crippen molar-refractivity contribution in [2.24, 2.45) is 0 Å². The Morgan fingerprint density at radius 2 is 2.10 bits per heavy atom. The van der Waals surface area contributed by atoms with Gasteiger partial charge in [-0.25, -0.2) is 4.39 Å². The number of nitrogens with zero attached hydrogens (tertiary/aromatic N) is 1. The fraction of sp³-hybridized carbons (Fsp3) is 0.250. The standard InChI is InChI=1S/C16H16ClFN2/c17-16-12(3-1-5-14(16)18)10-20-8-2-4-11-6-7-13(19)9-15(11)20/h1,3,5-7,9H,2,4,8,10,19H2. The molecular formula is C16H16ClFN2. The predicted molar refractivity (Wildman–Crippen MR) is 81.6 cm³/mol. The zero-order valence-corrected chi connectivity index (χ0v) is 11.8. The molecule has 0 aromatic heterocycles. The van der Waals surface area contributed by atoms with Gasteiger partial charge in [0.2, 0.25) is 0 Å². The molecule has 1 heterocycles. The van der Waals surface area contributed by atoms with Gasteiger partial charge in [0.05, 0.1) is 5.02 Å². The van der Waals surface area contributed by atoms with Gasteiger partial charge in [0.25, 0.3) is 0 Å². The molecule has 0 bridgehead atoms. The van der Waals surface area contributed by atoms with Crippen LogP contribution in [-0.2, 0) is 13.0 Å². The molecule has 4 heteroatoms. The summed E-state index contributed by atoms with van der Waals surface area (Å²) in [6, 6.07) is 10.9. The number of nitrogen functional groups attached to an aromatic ring is 1. The van der Waals surface area contributed by atoms with Crippen molar-refractivity contribution in [2.45, 2.75) is 19.4 Å². The van der Waals surface area contributed by atoms with E-state index >= 15 is 0 Å². The van der Waals surface area contributed by atoms with E-state index in [0.29, 0.717) is 6.54 Å². The van der Waals surface area contributed by atoms with Crippen LogP contribution in [0.4, 0.5) is 15.8 Å². The second-order valence-electron chi connectivity index (χ2n) is 5.13. The highest BCUT2D eigenvalue weighted by atomic mass is 35.5. The van der Waals surface area contributed by atoms with Gasteiger partial charge in [-0.2, -0.15) is 0 Å². The largest absolute Gasteiger partial charge is 0.399 e. The molecule has 2 nitrogen and oxygen atoms in total. The first kappa shape index (κ1) is 13.3. The molecule has 0 aliphatic carbocycles. The molecule has 3 rings (SSSR count). The SMILES string of the molecule is Nc1ccc2c(c1)N(Cc1cccc(F)c1Cl)CCC2. The van der Waals surface area contributed by atoms with E-state index in [1.807, 2.05) is 18.2 Å². The van der Waals surface area contributed by atoms with Crippen LogP contribution in [0.25, 0.3) is 0 Å². The van der Waals surface area contributed by atoms with Gasteiger partial charge in [0.15, 0.2) is 0 Å². The van der Waals surface area contributed by atoms with Crippen molar-refractivity contribution >= 4 is 23.0 Å². The second-order valence-corrected chi connectivity index (χ2v) is 5.50. The molecule has 0 radical (unpaired) electrons. The van der Waals surface area contributed by atoms with Gasteiger partial charge in [-0.3, -0.25) is 0 Å². The minimum atomic E-state index is -0.367. The lowest BCUT2D eigenvalue weighted by Crippen LogP contribution is -2.29. The lowest BCUT2D eigenvalue weighted by atomic mass is 10.0. The molecule has 0 unspecified atom stereocenters. The Morgan fingerprint density at radius 3 is 2.95 bits per heavy atom. The number of fused-ring (bicyclic) bond motifs is 1. The highest BCUT2D eigenvalue weighted by molar-refractivity contribution is 6.31. The number of nitrogens with two attached hydrogens (primary N) is 1. The number of halogens is 2. The van der Waals surface area contributed by atoms with Crippen LogP contribution >= 0.6 is 11.6 Å². The molecular weight excluding hydrogens is 275 g/mol. The molecule has 0 amide bonds. The Kier molecular flexibility index (Phi) is 3.53. The van der Waals surface area contributed by atoms with Crippen molar-refractivity contribution in [2.75, 3.05) is 17.2 Å². The van der Waals surface area contributed by atoms with Crippen LogP contribution in [0.2, 0.25) is 5.02 Å². The van der Waals surface area contributed by atoms with Gasteiger partial charge < -0.3 is 10.6 Å². The summed E-state index contributed by atoms with van der Waals surface area (Å²) in [4.78, 5) is 2.22. The van der Waals surface area contributed by atoms with Crippen molar-refractivity contribution in [3.8, 4) is 0 Å². The average molecular weight is 291 g/mol. The molecule has 104 valence electrons. The first-order valence-corrected chi connectivity index (χ1v) is 7.09. The van der Waals surface area contributed by atoms with Crippen molar-refractivity contribution in [1.82, 2.24) is 0 Å². The smallest absolute Gasteiger partial charge is 0.142 e. The quantitative estimate of drug-likeness (QED) is 0.847. The van der Waals surface area contributed by atoms with Gasteiger partial charge in [-0.1, -0.05) is 29.8 Å². The Labute approximate surface area is 123 Å². The lowest BCUT2D eigenvalue weighted by Gasteiger charge is -2.32. The Bertz CT molecular complexity index is 642. The van der Waals surface area contributed by atoms with Crippen LogP contribution in [0.1, 0.15) is 17.5 Å². The third-order valence-electron chi connectivity index (χ3n) is 3.72. The third-order valence-corrected chi connectivity index (χ3v) is 4.14. The van der Waals surface area contributed by atoms with Gasteiger partial charge >= 0.3 is 0 Å². The number of hydrogen-bond donors (Lipinski definition) is 1. The predicted octanol–water partition coefficient (Wildman–Crippen LogP) is 4.01. The summed E-state index contributed by atoms with van der Waals surface area (Å²) >= 11 is 6.04. The van der Waals surface area contributed by atoms with Gasteiger partial charge in [-0.15, -0.1) is 0 Å². The van der Waals surface area contributed by atoms with E-state index in [1.165, 1.54) is 11.6 Å². The number of anilines is 2. The van der Waals surface area contributed by atoms with Crippen molar-refractivity contribution in [3.05, 3.63) is 58.4 Å². The molecule has 20 heavy (non-hydrogen) atoms. The fourth-order valence-electron chi connectivity index (χ4n) is 2.71. The number of hydrogen-bond acceptors (Lipinski definition) is 2. The summed E-state index contributed by atoms with van der Waals surface area (Å²) in [7, 11) is 0. The monoisotopic (exact) mass is 290 g/mol. The highest BCUT2D eigenvalue weighted by Gasteiger charge is 2.18. The summed E-state index contributed by atoms with van der Waals surface area (Å²) < 4.78 is 13.5. The summed E-state index contributed by atoms with van der Waals surface area (Å²) in [5, 5.41) is 0.212. The molecule has 2 N–H and O–H groups in total. The van der Waals surface area contributed by atoms with Crippen molar-refractivity contribution < 1.29 is 4.39 Å². The summed E-state index contributed by atoms with van der Waals surface area (Å²) in [6.07, 6.45) is 2.15. The normalized spacial score (nSPS) is 14.2. The van der Waals surface area contributed by atoms with Crippen LogP contribution in [0.5, 0.6) is 0 Å². The fourth-order valence-corrected chi connectivity index (χ4v) is 2.89. The molecule has 0 atom stereocenters. The van der Waals surface area contributed by atoms with Gasteiger partial charge in [-0.05, 0) is 42.2 Å². The summed E-state index contributed by atoms with van der Waals surface area (Å²) in [5.74, 6) is -0.367. The highest BCUT2D eigenvalue weighted by Crippen LogP contribution is 2.31. The van der Waals surface area contributed by atoms with E-state index in [-0.39, 0.29) is 10.8 Å². The number of rotatable bonds is 2. The third kappa shape index (κ3) is 2.46. The Morgan fingerprint density at radius 1 is 1.25 bits per heavy atom. The second kappa shape index (κ2) is 5.33. The molecule has 0 saturated heterocycles. The molecule has 1 aliphatic heterocycles. The maximum absolute atomic E-state index is 13.5. The van der Waals surface area contributed by atoms with Crippen LogP contribution in [0.15, 0.2) is 36.4 Å². The Balaban J connectivity index is 1.93. The molecule has 2 aromatic carbocycles. The van der Waals surface area contributed by atoms with E-state index < -0.39 is 0 Å². The molecule has 1 aliphatic rings. The molecule has 0 fully saturated rings. The van der Waals surface area contributed by atoms with E-state index in [2.05, 4.69) is 11.0 Å². The maximum Gasteiger partial charge on any atom is 0.142 e. The average Bonchev–Trinajstić information content (AvgIpc) is 2.44. The zero-order valence-electron chi connectivity index (χ0n) is 11.1. The van der Waals surface area contributed by atoms with Crippen LogP contribution in [0.3, 0.4) is 0 Å². The summed E-state index contributed by atoms with van der Waals surface area (Å²) in [5.41, 5.74) is 9.86. The van der Waals surface area contributed by atoms with Crippen molar-refractivity contribution in [3.63, 3.8) is 0 Å². The minimum Gasteiger partial charge on any atom is -0.399 e. The number of benzene rings is 2. The van der Waals surface area contributed by atoms with E-state index in [4.69, 9.17) is 17.3 Å². The van der Waals surface area contributed by atoms with Crippen LogP contribution < -0.4 is 10.6 Å². The lowest BCUT2D eigenvalue weighted by molar-refractivity contribution is 0.623. The summed E-state index contributed by atoms with van der Waals surface area (Å²) in [6.45, 7) is 1.54. The molecule has 2 aromatic rings. The van der Waals surface area contributed by atoms with Crippen LogP contribution in [-0.4, -0.2) is 6.54 Å². The molecule has 0 spiro atoms. The van der Waals surface area contributed by atoms with Crippen LogP contribution in [0, 0.1) is 5.82 Å². The van der Waals surface area contributed by atoms with E-state index in [0.717, 1.165) is 36.3 Å². The number of aryl methyl sites for hydroxylation is 1. The Hall–Kier alpha value is -1.74. The minimum absolute atomic E-state index is 0.212. The van der Waals surface area contributed by atoms with E-state index in [1.54, 1.807) is 6.07 Å². The molecule has 0 saturated carbocycles. The maximum atomic E-state index is 13.5. The topological polar surface area (TPSA) is 29.3 Å². The van der Waals surface area contributed by atoms with Gasteiger partial charge in [0.1, 0.15) is 5.82 Å². The first-order valence-electron chi connectivity index (χ1n) is 6.71.